The summed E-state index contributed by atoms with van der Waals surface area (Å²) in [5.41, 5.74) is 1.13. The van der Waals surface area contributed by atoms with E-state index < -0.39 is 0 Å². The standard InChI is InChI=1S/C19H24N4O4/c1-11-20-15-10-22(8-6-14(15)17(25)21-11)16(24)7-9-23-18(26)12-4-2-3-5-13(12)19(23)27/h12-13H,2-10H2,1H3,(H,20,21,25)/t12-,13-/m0/s1. The molecule has 1 saturated carbocycles. The molecule has 0 bridgehead atoms. The second kappa shape index (κ2) is 6.90. The number of aryl methyl sites for hydroxylation is 1. The van der Waals surface area contributed by atoms with Crippen LogP contribution in [0.3, 0.4) is 0 Å². The van der Waals surface area contributed by atoms with Crippen molar-refractivity contribution in [1.29, 1.82) is 0 Å². The number of aromatic amines is 1. The Labute approximate surface area is 156 Å². The molecule has 3 aliphatic rings. The summed E-state index contributed by atoms with van der Waals surface area (Å²) in [6, 6.07) is 0. The van der Waals surface area contributed by atoms with E-state index in [1.807, 2.05) is 0 Å². The van der Waals surface area contributed by atoms with Crippen LogP contribution >= 0.6 is 0 Å². The molecule has 1 saturated heterocycles. The molecule has 1 aromatic rings. The normalized spacial score (nSPS) is 24.8. The number of carbonyl (C=O) groups is 3. The Morgan fingerprint density at radius 2 is 1.81 bits per heavy atom. The molecule has 8 heteroatoms. The van der Waals surface area contributed by atoms with Crippen molar-refractivity contribution >= 4 is 17.7 Å². The Bertz CT molecular complexity index is 838. The fourth-order valence-electron chi connectivity index (χ4n) is 4.59. The van der Waals surface area contributed by atoms with Crippen LogP contribution in [0, 0.1) is 18.8 Å². The van der Waals surface area contributed by atoms with Crippen LogP contribution in [0.4, 0.5) is 0 Å². The quantitative estimate of drug-likeness (QED) is 0.780. The van der Waals surface area contributed by atoms with Gasteiger partial charge < -0.3 is 9.88 Å². The van der Waals surface area contributed by atoms with Crippen LogP contribution < -0.4 is 5.56 Å². The van der Waals surface area contributed by atoms with E-state index in [1.54, 1.807) is 11.8 Å². The largest absolute Gasteiger partial charge is 0.336 e. The summed E-state index contributed by atoms with van der Waals surface area (Å²) in [6.45, 7) is 2.61. The van der Waals surface area contributed by atoms with Gasteiger partial charge in [-0.15, -0.1) is 0 Å². The lowest BCUT2D eigenvalue weighted by atomic mass is 9.81. The van der Waals surface area contributed by atoms with Gasteiger partial charge in [0, 0.05) is 25.1 Å². The topological polar surface area (TPSA) is 103 Å². The molecule has 0 spiro atoms. The van der Waals surface area contributed by atoms with Crippen LogP contribution in [-0.2, 0) is 27.3 Å². The number of amides is 3. The fraction of sp³-hybridized carbons (Fsp3) is 0.632. The van der Waals surface area contributed by atoms with Gasteiger partial charge in [-0.3, -0.25) is 24.1 Å². The van der Waals surface area contributed by atoms with Crippen molar-refractivity contribution in [3.8, 4) is 0 Å². The second-order valence-corrected chi connectivity index (χ2v) is 7.72. The van der Waals surface area contributed by atoms with Crippen LogP contribution in [0.25, 0.3) is 0 Å². The number of aromatic nitrogens is 2. The zero-order chi connectivity index (χ0) is 19.1. The van der Waals surface area contributed by atoms with Crippen molar-refractivity contribution < 1.29 is 14.4 Å². The molecule has 2 fully saturated rings. The highest BCUT2D eigenvalue weighted by Gasteiger charge is 2.47. The van der Waals surface area contributed by atoms with Crippen LogP contribution in [0.15, 0.2) is 4.79 Å². The van der Waals surface area contributed by atoms with Gasteiger partial charge in [-0.25, -0.2) is 4.98 Å². The van der Waals surface area contributed by atoms with Gasteiger partial charge in [-0.1, -0.05) is 12.8 Å². The third-order valence-corrected chi connectivity index (χ3v) is 6.03. The van der Waals surface area contributed by atoms with Gasteiger partial charge in [-0.2, -0.15) is 0 Å². The molecule has 0 unspecified atom stereocenters. The van der Waals surface area contributed by atoms with Gasteiger partial charge in [0.05, 0.1) is 24.1 Å². The Balaban J connectivity index is 1.39. The van der Waals surface area contributed by atoms with Crippen LogP contribution in [-0.4, -0.2) is 50.6 Å². The molecule has 0 aromatic carbocycles. The smallest absolute Gasteiger partial charge is 0.254 e. The average molecular weight is 372 g/mol. The first kappa shape index (κ1) is 17.9. The maximum atomic E-state index is 12.6. The molecule has 144 valence electrons. The summed E-state index contributed by atoms with van der Waals surface area (Å²) in [4.78, 5) is 59.6. The zero-order valence-electron chi connectivity index (χ0n) is 15.5. The predicted molar refractivity (Wildman–Crippen MR) is 95.5 cm³/mol. The highest BCUT2D eigenvalue weighted by Crippen LogP contribution is 2.38. The minimum Gasteiger partial charge on any atom is -0.336 e. The van der Waals surface area contributed by atoms with Crippen LogP contribution in [0.2, 0.25) is 0 Å². The van der Waals surface area contributed by atoms with Gasteiger partial charge >= 0.3 is 0 Å². The molecule has 8 nitrogen and oxygen atoms in total. The lowest BCUT2D eigenvalue weighted by Gasteiger charge is -2.28. The first-order valence-electron chi connectivity index (χ1n) is 9.67. The van der Waals surface area contributed by atoms with Crippen LogP contribution in [0.1, 0.15) is 49.2 Å². The second-order valence-electron chi connectivity index (χ2n) is 7.72. The molecule has 4 rings (SSSR count). The Morgan fingerprint density at radius 3 is 2.48 bits per heavy atom. The molecule has 3 amide bonds. The number of imide groups is 1. The summed E-state index contributed by atoms with van der Waals surface area (Å²) in [5, 5.41) is 0. The number of likely N-dealkylation sites (tertiary alicyclic amines) is 1. The zero-order valence-corrected chi connectivity index (χ0v) is 15.5. The highest BCUT2D eigenvalue weighted by atomic mass is 16.2. The number of nitrogens with zero attached hydrogens (tertiary/aromatic N) is 3. The molecule has 3 heterocycles. The number of nitrogens with one attached hydrogen (secondary N) is 1. The van der Waals surface area contributed by atoms with Crippen molar-refractivity contribution in [1.82, 2.24) is 19.8 Å². The number of rotatable bonds is 3. The van der Waals surface area contributed by atoms with E-state index in [0.29, 0.717) is 36.6 Å². The predicted octanol–water partition coefficient (Wildman–Crippen LogP) is 0.528. The van der Waals surface area contributed by atoms with Crippen molar-refractivity contribution in [2.75, 3.05) is 13.1 Å². The number of hydrogen-bond acceptors (Lipinski definition) is 5. The Kier molecular flexibility index (Phi) is 4.57. The highest BCUT2D eigenvalue weighted by molar-refractivity contribution is 6.05. The SMILES string of the molecule is Cc1nc2c(c(=O)[nH]1)CCN(C(=O)CCN1C(=O)[C@H]3CCCC[C@@H]3C1=O)C2. The van der Waals surface area contributed by atoms with Gasteiger partial charge in [0.15, 0.2) is 0 Å². The van der Waals surface area contributed by atoms with Crippen LogP contribution in [0.5, 0.6) is 0 Å². The van der Waals surface area contributed by atoms with Crippen molar-refractivity contribution in [3.63, 3.8) is 0 Å². The van der Waals surface area contributed by atoms with Gasteiger partial charge in [0.2, 0.25) is 17.7 Å². The van der Waals surface area contributed by atoms with Crippen molar-refractivity contribution in [2.45, 2.75) is 52.0 Å². The summed E-state index contributed by atoms with van der Waals surface area (Å²) in [7, 11) is 0. The number of hydrogen-bond donors (Lipinski definition) is 1. The number of fused-ring (bicyclic) bond motifs is 2. The molecular weight excluding hydrogens is 348 g/mol. The molecule has 27 heavy (non-hydrogen) atoms. The van der Waals surface area contributed by atoms with Crippen molar-refractivity contribution in [3.05, 3.63) is 27.4 Å². The first-order valence-corrected chi connectivity index (χ1v) is 9.67. The molecular formula is C19H24N4O4. The summed E-state index contributed by atoms with van der Waals surface area (Å²) >= 11 is 0. The maximum absolute atomic E-state index is 12.6. The summed E-state index contributed by atoms with van der Waals surface area (Å²) in [6.07, 6.45) is 4.13. The third kappa shape index (κ3) is 3.17. The minimum absolute atomic E-state index is 0.106. The average Bonchev–Trinajstić information content (AvgIpc) is 2.90. The maximum Gasteiger partial charge on any atom is 0.254 e. The van der Waals surface area contributed by atoms with E-state index in [9.17, 15) is 19.2 Å². The Morgan fingerprint density at radius 1 is 1.15 bits per heavy atom. The lowest BCUT2D eigenvalue weighted by Crippen LogP contribution is -2.41. The first-order chi connectivity index (χ1) is 13.0. The summed E-state index contributed by atoms with van der Waals surface area (Å²) in [5.74, 6) is -0.153. The minimum atomic E-state index is -0.179. The fourth-order valence-corrected chi connectivity index (χ4v) is 4.59. The number of carbonyl (C=O) groups excluding carboxylic acids is 3. The molecule has 2 aliphatic heterocycles. The van der Waals surface area contributed by atoms with E-state index in [2.05, 4.69) is 9.97 Å². The lowest BCUT2D eigenvalue weighted by molar-refractivity contribution is -0.141. The molecule has 1 aromatic heterocycles. The van der Waals surface area contributed by atoms with Gasteiger partial charge in [-0.05, 0) is 26.2 Å². The van der Waals surface area contributed by atoms with E-state index in [1.165, 1.54) is 4.90 Å². The van der Waals surface area contributed by atoms with Gasteiger partial charge in [0.25, 0.3) is 5.56 Å². The van der Waals surface area contributed by atoms with E-state index in [0.717, 1.165) is 25.7 Å². The van der Waals surface area contributed by atoms with E-state index in [-0.39, 0.29) is 48.1 Å². The van der Waals surface area contributed by atoms with E-state index in [4.69, 9.17) is 0 Å². The third-order valence-electron chi connectivity index (χ3n) is 6.03. The Hall–Kier alpha value is -2.51. The summed E-state index contributed by atoms with van der Waals surface area (Å²) < 4.78 is 0. The monoisotopic (exact) mass is 372 g/mol. The number of H-pyrrole nitrogens is 1. The van der Waals surface area contributed by atoms with Gasteiger partial charge in [0.1, 0.15) is 5.82 Å². The molecule has 1 aliphatic carbocycles. The molecule has 0 radical (unpaired) electrons. The van der Waals surface area contributed by atoms with E-state index >= 15 is 0 Å². The van der Waals surface area contributed by atoms with Crippen molar-refractivity contribution in [2.24, 2.45) is 11.8 Å². The molecule has 2 atom stereocenters. The molecule has 1 N–H and O–H groups in total.